The number of carbonyl (C=O) groups is 1. The van der Waals surface area contributed by atoms with E-state index in [9.17, 15) is 9.90 Å². The van der Waals surface area contributed by atoms with Gasteiger partial charge < -0.3 is 10.4 Å². The zero-order chi connectivity index (χ0) is 12.7. The normalized spacial score (nSPS) is 11.9. The maximum absolute atomic E-state index is 11.5. The molecule has 0 aliphatic rings. The second-order valence-electron chi connectivity index (χ2n) is 3.68. The van der Waals surface area contributed by atoms with E-state index < -0.39 is 0 Å². The summed E-state index contributed by atoms with van der Waals surface area (Å²) in [6, 6.07) is 7.17. The molecule has 0 heterocycles. The van der Waals surface area contributed by atoms with E-state index in [0.717, 1.165) is 10.0 Å². The van der Waals surface area contributed by atoms with Crippen LogP contribution in [0.2, 0.25) is 0 Å². The summed E-state index contributed by atoms with van der Waals surface area (Å²) in [7, 11) is 0. The van der Waals surface area contributed by atoms with Crippen LogP contribution in [-0.4, -0.2) is 17.6 Å². The first-order valence-corrected chi connectivity index (χ1v) is 6.23. The largest absolute Gasteiger partial charge is 0.394 e. The van der Waals surface area contributed by atoms with Crippen molar-refractivity contribution in [2.75, 3.05) is 6.61 Å². The molecule has 0 unspecified atom stereocenters. The lowest BCUT2D eigenvalue weighted by atomic mass is 10.1. The lowest BCUT2D eigenvalue weighted by Crippen LogP contribution is -2.30. The van der Waals surface area contributed by atoms with Crippen molar-refractivity contribution in [2.24, 2.45) is 0 Å². The molecule has 0 saturated carbocycles. The Kier molecular flexibility index (Phi) is 5.94. The van der Waals surface area contributed by atoms with Crippen molar-refractivity contribution in [3.63, 3.8) is 0 Å². The standard InChI is InChI=1S/C13H16BrNO2/c1-2-3-4-13(17)15-12(9-16)10-5-7-11(14)8-6-10/h2,5-8,12,16H,1,3-4,9H2,(H,15,17)/t12-/m1/s1. The van der Waals surface area contributed by atoms with Crippen LogP contribution < -0.4 is 5.32 Å². The van der Waals surface area contributed by atoms with Gasteiger partial charge in [-0.1, -0.05) is 34.1 Å². The molecule has 17 heavy (non-hydrogen) atoms. The molecule has 3 nitrogen and oxygen atoms in total. The van der Waals surface area contributed by atoms with Gasteiger partial charge >= 0.3 is 0 Å². The van der Waals surface area contributed by atoms with Crippen molar-refractivity contribution in [1.29, 1.82) is 0 Å². The molecule has 2 N–H and O–H groups in total. The molecule has 1 rings (SSSR count). The van der Waals surface area contributed by atoms with E-state index in [1.807, 2.05) is 24.3 Å². The van der Waals surface area contributed by atoms with E-state index in [4.69, 9.17) is 0 Å². The van der Waals surface area contributed by atoms with Gasteiger partial charge in [-0.05, 0) is 24.1 Å². The molecule has 4 heteroatoms. The molecule has 1 amide bonds. The van der Waals surface area contributed by atoms with Crippen LogP contribution in [-0.2, 0) is 4.79 Å². The quantitative estimate of drug-likeness (QED) is 0.793. The monoisotopic (exact) mass is 297 g/mol. The lowest BCUT2D eigenvalue weighted by Gasteiger charge is -2.16. The molecule has 0 aliphatic carbocycles. The predicted molar refractivity (Wildman–Crippen MR) is 71.5 cm³/mol. The molecule has 1 aromatic carbocycles. The topological polar surface area (TPSA) is 49.3 Å². The number of amides is 1. The van der Waals surface area contributed by atoms with Gasteiger partial charge in [0.1, 0.15) is 0 Å². The molecular formula is C13H16BrNO2. The van der Waals surface area contributed by atoms with Crippen molar-refractivity contribution in [2.45, 2.75) is 18.9 Å². The van der Waals surface area contributed by atoms with Gasteiger partial charge in [-0.15, -0.1) is 6.58 Å². The van der Waals surface area contributed by atoms with E-state index in [0.29, 0.717) is 12.8 Å². The number of hydrogen-bond donors (Lipinski definition) is 2. The smallest absolute Gasteiger partial charge is 0.220 e. The fraction of sp³-hybridized carbons (Fsp3) is 0.308. The summed E-state index contributed by atoms with van der Waals surface area (Å²) < 4.78 is 0.968. The predicted octanol–water partition coefficient (Wildman–Crippen LogP) is 2.56. The summed E-state index contributed by atoms with van der Waals surface area (Å²) in [5.74, 6) is -0.0770. The van der Waals surface area contributed by atoms with Crippen LogP contribution in [0.4, 0.5) is 0 Å². The van der Waals surface area contributed by atoms with Crippen molar-refractivity contribution < 1.29 is 9.90 Å². The zero-order valence-electron chi connectivity index (χ0n) is 9.53. The maximum Gasteiger partial charge on any atom is 0.220 e. The molecule has 1 atom stereocenters. The minimum absolute atomic E-state index is 0.0770. The number of allylic oxidation sites excluding steroid dienone is 1. The third-order valence-corrected chi connectivity index (χ3v) is 2.89. The number of aliphatic hydroxyl groups is 1. The van der Waals surface area contributed by atoms with Gasteiger partial charge in [-0.25, -0.2) is 0 Å². The molecule has 0 fully saturated rings. The first-order chi connectivity index (χ1) is 8.17. The molecule has 92 valence electrons. The van der Waals surface area contributed by atoms with Crippen LogP contribution in [0, 0.1) is 0 Å². The summed E-state index contributed by atoms with van der Waals surface area (Å²) in [6.45, 7) is 3.46. The minimum atomic E-state index is -0.347. The highest BCUT2D eigenvalue weighted by Gasteiger charge is 2.12. The van der Waals surface area contributed by atoms with Crippen LogP contribution in [0.25, 0.3) is 0 Å². The van der Waals surface area contributed by atoms with Crippen LogP contribution in [0.5, 0.6) is 0 Å². The summed E-state index contributed by atoms with van der Waals surface area (Å²) in [6.07, 6.45) is 2.74. The molecule has 1 aromatic rings. The summed E-state index contributed by atoms with van der Waals surface area (Å²) >= 11 is 3.34. The van der Waals surface area contributed by atoms with Gasteiger partial charge in [0.25, 0.3) is 0 Å². The Balaban J connectivity index is 2.62. The highest BCUT2D eigenvalue weighted by molar-refractivity contribution is 9.10. The van der Waals surface area contributed by atoms with Crippen molar-refractivity contribution in [3.05, 3.63) is 47.0 Å². The Labute approximate surface area is 110 Å². The van der Waals surface area contributed by atoms with E-state index in [2.05, 4.69) is 27.8 Å². The van der Waals surface area contributed by atoms with Gasteiger partial charge in [0, 0.05) is 10.9 Å². The number of carbonyl (C=O) groups excluding carboxylic acids is 1. The lowest BCUT2D eigenvalue weighted by molar-refractivity contribution is -0.122. The Bertz CT molecular complexity index is 376. The van der Waals surface area contributed by atoms with Crippen LogP contribution in [0.15, 0.2) is 41.4 Å². The SMILES string of the molecule is C=CCCC(=O)N[C@H](CO)c1ccc(Br)cc1. The van der Waals surface area contributed by atoms with Gasteiger partial charge in [-0.2, -0.15) is 0 Å². The number of rotatable bonds is 6. The second-order valence-corrected chi connectivity index (χ2v) is 4.60. The number of nitrogens with one attached hydrogen (secondary N) is 1. The Morgan fingerprint density at radius 2 is 2.12 bits per heavy atom. The fourth-order valence-electron chi connectivity index (χ4n) is 1.43. The highest BCUT2D eigenvalue weighted by Crippen LogP contribution is 2.16. The average molecular weight is 298 g/mol. The molecule has 0 aromatic heterocycles. The van der Waals surface area contributed by atoms with Gasteiger partial charge in [0.05, 0.1) is 12.6 Å². The van der Waals surface area contributed by atoms with Gasteiger partial charge in [0.15, 0.2) is 0 Å². The van der Waals surface area contributed by atoms with Crippen LogP contribution >= 0.6 is 15.9 Å². The minimum Gasteiger partial charge on any atom is -0.394 e. The summed E-state index contributed by atoms with van der Waals surface area (Å²) in [4.78, 5) is 11.5. The molecule has 0 bridgehead atoms. The van der Waals surface area contributed by atoms with E-state index in [1.165, 1.54) is 0 Å². The number of aliphatic hydroxyl groups excluding tert-OH is 1. The van der Waals surface area contributed by atoms with Crippen LogP contribution in [0.3, 0.4) is 0 Å². The van der Waals surface area contributed by atoms with Crippen LogP contribution in [0.1, 0.15) is 24.4 Å². The third kappa shape index (κ3) is 4.71. The van der Waals surface area contributed by atoms with Crippen molar-refractivity contribution in [1.82, 2.24) is 5.32 Å². The molecule has 0 saturated heterocycles. The first-order valence-electron chi connectivity index (χ1n) is 5.44. The second kappa shape index (κ2) is 7.25. The Morgan fingerprint density at radius 1 is 1.47 bits per heavy atom. The third-order valence-electron chi connectivity index (χ3n) is 2.37. The molecule has 0 aliphatic heterocycles. The summed E-state index contributed by atoms with van der Waals surface area (Å²) in [5, 5.41) is 12.1. The Hall–Kier alpha value is -1.13. The van der Waals surface area contributed by atoms with E-state index in [-0.39, 0.29) is 18.6 Å². The Morgan fingerprint density at radius 3 is 2.65 bits per heavy atom. The molecular weight excluding hydrogens is 282 g/mol. The van der Waals surface area contributed by atoms with Gasteiger partial charge in [0.2, 0.25) is 5.91 Å². The summed E-state index contributed by atoms with van der Waals surface area (Å²) in [5.41, 5.74) is 0.891. The molecule has 0 spiro atoms. The number of benzene rings is 1. The van der Waals surface area contributed by atoms with E-state index in [1.54, 1.807) is 6.08 Å². The van der Waals surface area contributed by atoms with E-state index >= 15 is 0 Å². The first kappa shape index (κ1) is 13.9. The highest BCUT2D eigenvalue weighted by atomic mass is 79.9. The zero-order valence-corrected chi connectivity index (χ0v) is 11.1. The van der Waals surface area contributed by atoms with Gasteiger partial charge in [-0.3, -0.25) is 4.79 Å². The molecule has 0 radical (unpaired) electrons. The number of hydrogen-bond acceptors (Lipinski definition) is 2. The number of halogens is 1. The van der Waals surface area contributed by atoms with Crippen molar-refractivity contribution >= 4 is 21.8 Å². The van der Waals surface area contributed by atoms with Crippen molar-refractivity contribution in [3.8, 4) is 0 Å². The maximum atomic E-state index is 11.5. The average Bonchev–Trinajstić information content (AvgIpc) is 2.34. The fourth-order valence-corrected chi connectivity index (χ4v) is 1.69.